The summed E-state index contributed by atoms with van der Waals surface area (Å²) in [6.07, 6.45) is 3.31. The lowest BCUT2D eigenvalue weighted by atomic mass is 10.3. The molecule has 0 saturated heterocycles. The molecule has 3 N–H and O–H groups in total. The summed E-state index contributed by atoms with van der Waals surface area (Å²) in [4.78, 5) is 30.8. The van der Waals surface area contributed by atoms with Crippen molar-refractivity contribution in [2.75, 3.05) is 6.54 Å². The van der Waals surface area contributed by atoms with Gasteiger partial charge < -0.3 is 15.6 Å². The van der Waals surface area contributed by atoms with Crippen LogP contribution in [0, 0.1) is 0 Å². The first-order valence-electron chi connectivity index (χ1n) is 5.77. The molecule has 100 valence electrons. The molecular weight excluding hydrogens is 264 g/mol. The average Bonchev–Trinajstić information content (AvgIpc) is 3.07. The molecule has 0 radical (unpaired) electrons. The number of thiophene rings is 1. The predicted molar refractivity (Wildman–Crippen MR) is 71.8 cm³/mol. The van der Waals surface area contributed by atoms with Crippen LogP contribution in [0.1, 0.15) is 28.5 Å². The molecule has 6 nitrogen and oxygen atoms in total. The highest BCUT2D eigenvalue weighted by Crippen LogP contribution is 2.07. The summed E-state index contributed by atoms with van der Waals surface area (Å²) in [5, 5.41) is 7.12. The minimum absolute atomic E-state index is 0.0538. The van der Waals surface area contributed by atoms with Crippen molar-refractivity contribution >= 4 is 23.2 Å². The smallest absolute Gasteiger partial charge is 0.261 e. The summed E-state index contributed by atoms with van der Waals surface area (Å²) in [6, 6.07) is 3.28. The van der Waals surface area contributed by atoms with E-state index in [0.717, 1.165) is 0 Å². The predicted octanol–water partition coefficient (Wildman–Crippen LogP) is 1.08. The summed E-state index contributed by atoms with van der Waals surface area (Å²) in [5.74, 6) is 0.183. The van der Waals surface area contributed by atoms with Crippen molar-refractivity contribution in [2.24, 2.45) is 0 Å². The first-order chi connectivity index (χ1) is 9.16. The number of aromatic nitrogens is 2. The number of carbonyl (C=O) groups is 2. The molecule has 2 aromatic heterocycles. The molecule has 0 spiro atoms. The van der Waals surface area contributed by atoms with Gasteiger partial charge in [0, 0.05) is 12.4 Å². The molecule has 0 fully saturated rings. The summed E-state index contributed by atoms with van der Waals surface area (Å²) in [5.41, 5.74) is 0. The Balaban J connectivity index is 1.77. The third-order valence-corrected chi connectivity index (χ3v) is 3.33. The Morgan fingerprint density at radius 1 is 1.53 bits per heavy atom. The van der Waals surface area contributed by atoms with Gasteiger partial charge in [-0.05, 0) is 18.4 Å². The molecule has 2 rings (SSSR count). The van der Waals surface area contributed by atoms with Crippen molar-refractivity contribution in [2.45, 2.75) is 13.0 Å². The molecular formula is C12H14N4O2S. The van der Waals surface area contributed by atoms with E-state index in [4.69, 9.17) is 0 Å². The van der Waals surface area contributed by atoms with Crippen molar-refractivity contribution < 1.29 is 9.59 Å². The molecule has 0 aromatic carbocycles. The highest BCUT2D eigenvalue weighted by molar-refractivity contribution is 7.12. The molecule has 1 unspecified atom stereocenters. The molecule has 2 amide bonds. The van der Waals surface area contributed by atoms with Crippen LogP contribution in [-0.4, -0.2) is 28.3 Å². The lowest BCUT2D eigenvalue weighted by Crippen LogP contribution is -2.38. The van der Waals surface area contributed by atoms with E-state index in [2.05, 4.69) is 20.6 Å². The third kappa shape index (κ3) is 3.65. The zero-order valence-corrected chi connectivity index (χ0v) is 11.2. The van der Waals surface area contributed by atoms with Gasteiger partial charge in [-0.2, -0.15) is 0 Å². The second kappa shape index (κ2) is 6.14. The lowest BCUT2D eigenvalue weighted by molar-refractivity contribution is -0.120. The van der Waals surface area contributed by atoms with E-state index in [-0.39, 0.29) is 24.4 Å². The number of nitrogens with one attached hydrogen (secondary N) is 3. The van der Waals surface area contributed by atoms with E-state index in [1.807, 2.05) is 12.3 Å². The zero-order chi connectivity index (χ0) is 13.7. The van der Waals surface area contributed by atoms with E-state index < -0.39 is 0 Å². The number of hydrogen-bond donors (Lipinski definition) is 3. The fourth-order valence-electron chi connectivity index (χ4n) is 1.53. The van der Waals surface area contributed by atoms with Crippen molar-refractivity contribution in [1.82, 2.24) is 20.6 Å². The van der Waals surface area contributed by atoms with Gasteiger partial charge in [-0.25, -0.2) is 4.98 Å². The van der Waals surface area contributed by atoms with Crippen LogP contribution in [0.15, 0.2) is 29.9 Å². The minimum Gasteiger partial charge on any atom is -0.347 e. The number of rotatable bonds is 5. The van der Waals surface area contributed by atoms with Crippen LogP contribution in [0.4, 0.5) is 0 Å². The van der Waals surface area contributed by atoms with Crippen molar-refractivity contribution in [3.63, 3.8) is 0 Å². The van der Waals surface area contributed by atoms with Gasteiger partial charge >= 0.3 is 0 Å². The van der Waals surface area contributed by atoms with Crippen LogP contribution in [0.2, 0.25) is 0 Å². The molecule has 1 atom stereocenters. The first kappa shape index (κ1) is 13.3. The quantitative estimate of drug-likeness (QED) is 0.765. The van der Waals surface area contributed by atoms with Crippen LogP contribution in [-0.2, 0) is 4.79 Å². The van der Waals surface area contributed by atoms with Crippen LogP contribution in [0.25, 0.3) is 0 Å². The number of amides is 2. The Morgan fingerprint density at radius 2 is 2.37 bits per heavy atom. The van der Waals surface area contributed by atoms with Gasteiger partial charge in [-0.15, -0.1) is 11.3 Å². The maximum Gasteiger partial charge on any atom is 0.261 e. The highest BCUT2D eigenvalue weighted by atomic mass is 32.1. The SMILES string of the molecule is CC(NC(=O)CNC(=O)c1cccs1)c1ncc[nH]1. The van der Waals surface area contributed by atoms with E-state index in [1.54, 1.807) is 24.5 Å². The van der Waals surface area contributed by atoms with Crippen LogP contribution in [0.5, 0.6) is 0 Å². The summed E-state index contributed by atoms with van der Waals surface area (Å²) >= 11 is 1.34. The number of hydrogen-bond acceptors (Lipinski definition) is 4. The number of nitrogens with zero attached hydrogens (tertiary/aromatic N) is 1. The van der Waals surface area contributed by atoms with Gasteiger partial charge in [0.1, 0.15) is 5.82 Å². The lowest BCUT2D eigenvalue weighted by Gasteiger charge is -2.11. The summed E-state index contributed by atoms with van der Waals surface area (Å²) < 4.78 is 0. The third-order valence-electron chi connectivity index (χ3n) is 2.46. The summed E-state index contributed by atoms with van der Waals surface area (Å²) in [6.45, 7) is 1.76. The number of aromatic amines is 1. The van der Waals surface area contributed by atoms with E-state index in [0.29, 0.717) is 10.7 Å². The standard InChI is InChI=1S/C12H14N4O2S/c1-8(11-13-4-5-14-11)16-10(17)7-15-12(18)9-3-2-6-19-9/h2-6,8H,7H2,1H3,(H,13,14)(H,15,18)(H,16,17). The molecule has 0 aliphatic carbocycles. The molecule has 0 bridgehead atoms. The van der Waals surface area contributed by atoms with E-state index >= 15 is 0 Å². The van der Waals surface area contributed by atoms with Crippen LogP contribution < -0.4 is 10.6 Å². The Bertz CT molecular complexity index is 536. The maximum atomic E-state index is 11.7. The van der Waals surface area contributed by atoms with Gasteiger partial charge in [0.2, 0.25) is 5.91 Å². The molecule has 7 heteroatoms. The van der Waals surface area contributed by atoms with Crippen molar-refractivity contribution in [3.8, 4) is 0 Å². The Hall–Kier alpha value is -2.15. The minimum atomic E-state index is -0.256. The van der Waals surface area contributed by atoms with Gasteiger partial charge in [0.25, 0.3) is 5.91 Å². The summed E-state index contributed by atoms with van der Waals surface area (Å²) in [7, 11) is 0. The normalized spacial score (nSPS) is 11.8. The van der Waals surface area contributed by atoms with Crippen LogP contribution >= 0.6 is 11.3 Å². The zero-order valence-electron chi connectivity index (χ0n) is 10.3. The molecule has 19 heavy (non-hydrogen) atoms. The molecule has 0 aliphatic heterocycles. The van der Waals surface area contributed by atoms with Crippen molar-refractivity contribution in [1.29, 1.82) is 0 Å². The maximum absolute atomic E-state index is 11.7. The monoisotopic (exact) mass is 278 g/mol. The number of imidazole rings is 1. The number of carbonyl (C=O) groups excluding carboxylic acids is 2. The second-order valence-electron chi connectivity index (χ2n) is 3.92. The van der Waals surface area contributed by atoms with Gasteiger partial charge in [-0.3, -0.25) is 9.59 Å². The highest BCUT2D eigenvalue weighted by Gasteiger charge is 2.13. The molecule has 2 heterocycles. The average molecular weight is 278 g/mol. The van der Waals surface area contributed by atoms with Gasteiger partial charge in [0.05, 0.1) is 17.5 Å². The largest absolute Gasteiger partial charge is 0.347 e. The Morgan fingerprint density at radius 3 is 3.00 bits per heavy atom. The van der Waals surface area contributed by atoms with Gasteiger partial charge in [0.15, 0.2) is 0 Å². The van der Waals surface area contributed by atoms with Gasteiger partial charge in [-0.1, -0.05) is 6.07 Å². The van der Waals surface area contributed by atoms with E-state index in [1.165, 1.54) is 11.3 Å². The first-order valence-corrected chi connectivity index (χ1v) is 6.65. The van der Waals surface area contributed by atoms with Crippen molar-refractivity contribution in [3.05, 3.63) is 40.6 Å². The number of H-pyrrole nitrogens is 1. The molecule has 0 saturated carbocycles. The second-order valence-corrected chi connectivity index (χ2v) is 4.87. The molecule has 2 aromatic rings. The van der Waals surface area contributed by atoms with Crippen LogP contribution in [0.3, 0.4) is 0 Å². The van der Waals surface area contributed by atoms with E-state index in [9.17, 15) is 9.59 Å². The Kier molecular flexibility index (Phi) is 4.30. The topological polar surface area (TPSA) is 86.9 Å². The Labute approximate surface area is 114 Å². The molecule has 0 aliphatic rings. The fourth-order valence-corrected chi connectivity index (χ4v) is 2.17. The fraction of sp³-hybridized carbons (Fsp3) is 0.250.